The van der Waals surface area contributed by atoms with Crippen LogP contribution in [0.25, 0.3) is 0 Å². The topological polar surface area (TPSA) is 59.1 Å². The largest absolute Gasteiger partial charge is 0.496 e. The maximum atomic E-state index is 6.21. The fourth-order valence-electron chi connectivity index (χ4n) is 1.88. The van der Waals surface area contributed by atoms with Crippen molar-refractivity contribution in [3.63, 3.8) is 0 Å². The maximum Gasteiger partial charge on any atom is 0.131 e. The molecule has 0 bridgehead atoms. The number of benzene rings is 1. The summed E-state index contributed by atoms with van der Waals surface area (Å²) in [5.41, 5.74) is 0.906. The summed E-state index contributed by atoms with van der Waals surface area (Å²) in [5, 5.41) is 7.13. The van der Waals surface area contributed by atoms with Gasteiger partial charge in [-0.05, 0) is 18.6 Å². The van der Waals surface area contributed by atoms with Crippen molar-refractivity contribution in [1.29, 1.82) is 0 Å². The zero-order chi connectivity index (χ0) is 15.1. The Morgan fingerprint density at radius 2 is 1.95 bits per heavy atom. The molecule has 0 saturated heterocycles. The first-order valence-corrected chi connectivity index (χ1v) is 7.23. The van der Waals surface area contributed by atoms with Crippen molar-refractivity contribution in [1.82, 2.24) is 9.97 Å². The van der Waals surface area contributed by atoms with Gasteiger partial charge in [-0.1, -0.05) is 24.6 Å². The van der Waals surface area contributed by atoms with Crippen molar-refractivity contribution in [2.75, 3.05) is 24.3 Å². The van der Waals surface area contributed by atoms with Gasteiger partial charge in [0, 0.05) is 29.7 Å². The molecule has 5 nitrogen and oxygen atoms in total. The van der Waals surface area contributed by atoms with E-state index in [1.807, 2.05) is 24.3 Å². The number of hydrogen-bond donors (Lipinski definition) is 2. The second-order valence-corrected chi connectivity index (χ2v) is 4.90. The monoisotopic (exact) mass is 306 g/mol. The highest BCUT2D eigenvalue weighted by Gasteiger charge is 2.07. The number of nitrogens with zero attached hydrogens (tertiary/aromatic N) is 2. The number of anilines is 2. The molecule has 0 atom stereocenters. The van der Waals surface area contributed by atoms with E-state index in [1.165, 1.54) is 6.33 Å². The quantitative estimate of drug-likeness (QED) is 0.819. The fourth-order valence-corrected chi connectivity index (χ4v) is 2.12. The minimum atomic E-state index is 0.535. The molecule has 2 aromatic rings. The standard InChI is InChI=1S/C15H19ClN4O/c1-3-7-17-14-8-15(20-10-19-14)18-9-11-12(16)5-4-6-13(11)21-2/h4-6,8,10H,3,7,9H2,1-2H3,(H2,17,18,19,20). The predicted octanol–water partition coefficient (Wildman–Crippen LogP) is 3.57. The first kappa shape index (κ1) is 15.4. The van der Waals surface area contributed by atoms with Gasteiger partial charge in [0.1, 0.15) is 23.7 Å². The Balaban J connectivity index is 2.06. The molecule has 0 aliphatic rings. The average molecular weight is 307 g/mol. The van der Waals surface area contributed by atoms with Crippen molar-refractivity contribution in [3.05, 3.63) is 41.2 Å². The van der Waals surface area contributed by atoms with Gasteiger partial charge in [0.2, 0.25) is 0 Å². The lowest BCUT2D eigenvalue weighted by atomic mass is 10.2. The second-order valence-electron chi connectivity index (χ2n) is 4.49. The van der Waals surface area contributed by atoms with Crippen LogP contribution in [0.1, 0.15) is 18.9 Å². The molecule has 0 radical (unpaired) electrons. The summed E-state index contributed by atoms with van der Waals surface area (Å²) >= 11 is 6.21. The molecule has 0 saturated carbocycles. The lowest BCUT2D eigenvalue weighted by molar-refractivity contribution is 0.410. The van der Waals surface area contributed by atoms with Gasteiger partial charge < -0.3 is 15.4 Å². The number of rotatable bonds is 7. The Labute approximate surface area is 129 Å². The zero-order valence-corrected chi connectivity index (χ0v) is 12.9. The van der Waals surface area contributed by atoms with Gasteiger partial charge in [0.15, 0.2) is 0 Å². The summed E-state index contributed by atoms with van der Waals surface area (Å²) < 4.78 is 5.32. The molecule has 2 N–H and O–H groups in total. The molecule has 112 valence electrons. The molecule has 6 heteroatoms. The molecule has 0 aliphatic heterocycles. The molecule has 1 aromatic heterocycles. The number of ether oxygens (including phenoxy) is 1. The van der Waals surface area contributed by atoms with Crippen molar-refractivity contribution in [2.24, 2.45) is 0 Å². The molecule has 1 aromatic carbocycles. The van der Waals surface area contributed by atoms with Crippen LogP contribution < -0.4 is 15.4 Å². The summed E-state index contributed by atoms with van der Waals surface area (Å²) in [7, 11) is 1.63. The molecule has 21 heavy (non-hydrogen) atoms. The number of nitrogens with one attached hydrogen (secondary N) is 2. The summed E-state index contributed by atoms with van der Waals surface area (Å²) in [4.78, 5) is 8.37. The minimum Gasteiger partial charge on any atom is -0.496 e. The lowest BCUT2D eigenvalue weighted by Crippen LogP contribution is -2.06. The van der Waals surface area contributed by atoms with Crippen LogP contribution in [0, 0.1) is 0 Å². The molecule has 0 fully saturated rings. The summed E-state index contributed by atoms with van der Waals surface area (Å²) in [5.74, 6) is 2.31. The van der Waals surface area contributed by atoms with Gasteiger partial charge in [0.05, 0.1) is 7.11 Å². The predicted molar refractivity (Wildman–Crippen MR) is 86.1 cm³/mol. The SMILES string of the molecule is CCCNc1cc(NCc2c(Cl)cccc2OC)ncn1. The third-order valence-corrected chi connectivity index (χ3v) is 3.32. The molecule has 0 spiro atoms. The number of methoxy groups -OCH3 is 1. The Bertz CT molecular complexity index is 592. The van der Waals surface area contributed by atoms with E-state index >= 15 is 0 Å². The molecule has 0 unspecified atom stereocenters. The van der Waals surface area contributed by atoms with Crippen molar-refractivity contribution < 1.29 is 4.74 Å². The Morgan fingerprint density at radius 3 is 2.67 bits per heavy atom. The van der Waals surface area contributed by atoms with Crippen LogP contribution in [0.15, 0.2) is 30.6 Å². The molecular weight excluding hydrogens is 288 g/mol. The first-order chi connectivity index (χ1) is 10.2. The summed E-state index contributed by atoms with van der Waals surface area (Å²) in [6.45, 7) is 3.53. The number of aromatic nitrogens is 2. The normalized spacial score (nSPS) is 10.2. The van der Waals surface area contributed by atoms with Crippen LogP contribution in [0.4, 0.5) is 11.6 Å². The van der Waals surface area contributed by atoms with E-state index in [2.05, 4.69) is 27.5 Å². The van der Waals surface area contributed by atoms with Crippen molar-refractivity contribution in [2.45, 2.75) is 19.9 Å². The van der Waals surface area contributed by atoms with Crippen molar-refractivity contribution in [3.8, 4) is 5.75 Å². The van der Waals surface area contributed by atoms with Gasteiger partial charge in [-0.15, -0.1) is 0 Å². The van der Waals surface area contributed by atoms with Gasteiger partial charge in [-0.2, -0.15) is 0 Å². The molecule has 0 amide bonds. The van der Waals surface area contributed by atoms with Gasteiger partial charge in [0.25, 0.3) is 0 Å². The van der Waals surface area contributed by atoms with Crippen LogP contribution in [-0.2, 0) is 6.54 Å². The summed E-state index contributed by atoms with van der Waals surface area (Å²) in [6.07, 6.45) is 2.58. The van der Waals surface area contributed by atoms with E-state index in [0.717, 1.165) is 35.9 Å². The number of hydrogen-bond acceptors (Lipinski definition) is 5. The fraction of sp³-hybridized carbons (Fsp3) is 0.333. The van der Waals surface area contributed by atoms with E-state index in [0.29, 0.717) is 11.6 Å². The summed E-state index contributed by atoms with van der Waals surface area (Å²) in [6, 6.07) is 7.47. The van der Waals surface area contributed by atoms with Gasteiger partial charge >= 0.3 is 0 Å². The Morgan fingerprint density at radius 1 is 1.19 bits per heavy atom. The Hall–Kier alpha value is -2.01. The van der Waals surface area contributed by atoms with Crippen LogP contribution >= 0.6 is 11.6 Å². The molecular formula is C15H19ClN4O. The highest BCUT2D eigenvalue weighted by molar-refractivity contribution is 6.31. The average Bonchev–Trinajstić information content (AvgIpc) is 2.52. The van der Waals surface area contributed by atoms with E-state index in [-0.39, 0.29) is 0 Å². The molecule has 0 aliphatic carbocycles. The smallest absolute Gasteiger partial charge is 0.131 e. The second kappa shape index (κ2) is 7.69. The van der Waals surface area contributed by atoms with Gasteiger partial charge in [-0.3, -0.25) is 0 Å². The van der Waals surface area contributed by atoms with Crippen LogP contribution in [0.2, 0.25) is 5.02 Å². The molecule has 2 rings (SSSR count). The van der Waals surface area contributed by atoms with Gasteiger partial charge in [-0.25, -0.2) is 9.97 Å². The van der Waals surface area contributed by atoms with Crippen LogP contribution in [0.5, 0.6) is 5.75 Å². The van der Waals surface area contributed by atoms with E-state index in [9.17, 15) is 0 Å². The molecule has 1 heterocycles. The number of halogens is 1. The van der Waals surface area contributed by atoms with Crippen LogP contribution in [0.3, 0.4) is 0 Å². The van der Waals surface area contributed by atoms with Crippen molar-refractivity contribution >= 4 is 23.2 Å². The van der Waals surface area contributed by atoms with E-state index < -0.39 is 0 Å². The highest BCUT2D eigenvalue weighted by atomic mass is 35.5. The van der Waals surface area contributed by atoms with Crippen LogP contribution in [-0.4, -0.2) is 23.6 Å². The zero-order valence-electron chi connectivity index (χ0n) is 12.2. The third-order valence-electron chi connectivity index (χ3n) is 2.97. The minimum absolute atomic E-state index is 0.535. The third kappa shape index (κ3) is 4.23. The highest BCUT2D eigenvalue weighted by Crippen LogP contribution is 2.26. The van der Waals surface area contributed by atoms with E-state index in [4.69, 9.17) is 16.3 Å². The van der Waals surface area contributed by atoms with E-state index in [1.54, 1.807) is 7.11 Å². The lowest BCUT2D eigenvalue weighted by Gasteiger charge is -2.12. The maximum absolute atomic E-state index is 6.21. The first-order valence-electron chi connectivity index (χ1n) is 6.85. The Kier molecular flexibility index (Phi) is 5.63.